The molecule has 0 atom stereocenters. The largest absolute Gasteiger partial charge is 0.508 e. The fraction of sp³-hybridized carbons (Fsp3) is 0.167. The summed E-state index contributed by atoms with van der Waals surface area (Å²) in [6.07, 6.45) is 0. The lowest BCUT2D eigenvalue weighted by atomic mass is 10.2. The Kier molecular flexibility index (Phi) is 4.95. The van der Waals surface area contributed by atoms with E-state index in [1.807, 2.05) is 0 Å². The number of phenolic OH excluding ortho intramolecular Hbond substituents is 1. The highest BCUT2D eigenvalue weighted by atomic mass is 79.9. The highest BCUT2D eigenvalue weighted by Gasteiger charge is 2.18. The molecule has 0 saturated heterocycles. The van der Waals surface area contributed by atoms with Crippen LogP contribution in [0.1, 0.15) is 18.2 Å². The molecule has 0 radical (unpaired) electrons. The summed E-state index contributed by atoms with van der Waals surface area (Å²) in [5.41, 5.74) is 4.71. The summed E-state index contributed by atoms with van der Waals surface area (Å²) in [5.74, 6) is -3.82. The lowest BCUT2D eigenvalue weighted by Crippen LogP contribution is -2.11. The van der Waals surface area contributed by atoms with Crippen LogP contribution < -0.4 is 5.43 Å². The van der Waals surface area contributed by atoms with Crippen molar-refractivity contribution in [3.05, 3.63) is 63.5 Å². The molecular weight excluding hydrogens is 411 g/mol. The van der Waals surface area contributed by atoms with Gasteiger partial charge in [-0.05, 0) is 31.2 Å². The number of aromatic hydroxyl groups is 1. The average molecular weight is 426 g/mol. The highest BCUT2D eigenvalue weighted by molar-refractivity contribution is 9.10. The van der Waals surface area contributed by atoms with Crippen molar-refractivity contribution in [1.82, 2.24) is 9.99 Å². The van der Waals surface area contributed by atoms with Gasteiger partial charge in [-0.25, -0.2) is 13.2 Å². The van der Waals surface area contributed by atoms with Crippen LogP contribution in [0.2, 0.25) is 0 Å². The van der Waals surface area contributed by atoms with E-state index in [2.05, 4.69) is 26.5 Å². The van der Waals surface area contributed by atoms with Gasteiger partial charge in [0, 0.05) is 28.5 Å². The molecule has 3 rings (SSSR count). The van der Waals surface area contributed by atoms with Crippen molar-refractivity contribution in [3.63, 3.8) is 0 Å². The number of hydrogen-bond donors (Lipinski definition) is 2. The minimum Gasteiger partial charge on any atom is -0.508 e. The van der Waals surface area contributed by atoms with E-state index in [9.17, 15) is 18.3 Å². The molecule has 0 aliphatic heterocycles. The topological polar surface area (TPSA) is 49.6 Å². The van der Waals surface area contributed by atoms with Gasteiger partial charge in [0.05, 0.1) is 23.5 Å². The van der Waals surface area contributed by atoms with Gasteiger partial charge in [-0.3, -0.25) is 0 Å². The molecular formula is C18H15BrF3N3O. The second-order valence-electron chi connectivity index (χ2n) is 5.81. The maximum absolute atomic E-state index is 14.0. The first kappa shape index (κ1) is 18.3. The van der Waals surface area contributed by atoms with Crippen LogP contribution in [-0.2, 0) is 13.6 Å². The van der Waals surface area contributed by atoms with Gasteiger partial charge < -0.3 is 15.1 Å². The number of phenols is 1. The van der Waals surface area contributed by atoms with E-state index in [0.29, 0.717) is 17.0 Å². The number of nitrogens with zero attached hydrogens (tertiary/aromatic N) is 2. The van der Waals surface area contributed by atoms with Crippen LogP contribution in [0.4, 0.5) is 13.2 Å². The van der Waals surface area contributed by atoms with Crippen LogP contribution in [0.15, 0.2) is 39.9 Å². The average Bonchev–Trinajstić information content (AvgIpc) is 2.93. The van der Waals surface area contributed by atoms with Crippen molar-refractivity contribution in [3.8, 4) is 5.75 Å². The Labute approximate surface area is 156 Å². The third kappa shape index (κ3) is 3.29. The lowest BCUT2D eigenvalue weighted by Gasteiger charge is -2.07. The Morgan fingerprint density at radius 2 is 1.92 bits per heavy atom. The number of rotatable bonds is 4. The van der Waals surface area contributed by atoms with Crippen LogP contribution in [0.3, 0.4) is 0 Å². The van der Waals surface area contributed by atoms with E-state index in [1.165, 1.54) is 10.6 Å². The molecule has 0 fully saturated rings. The number of hydrazone groups is 1. The van der Waals surface area contributed by atoms with Gasteiger partial charge in [-0.2, -0.15) is 5.10 Å². The van der Waals surface area contributed by atoms with Crippen LogP contribution in [0.5, 0.6) is 5.75 Å². The Morgan fingerprint density at radius 3 is 2.65 bits per heavy atom. The molecule has 0 amide bonds. The molecule has 26 heavy (non-hydrogen) atoms. The number of hydrogen-bond acceptors (Lipinski definition) is 3. The van der Waals surface area contributed by atoms with Crippen molar-refractivity contribution < 1.29 is 18.3 Å². The smallest absolute Gasteiger partial charge is 0.195 e. The van der Waals surface area contributed by atoms with Gasteiger partial charge in [0.15, 0.2) is 17.5 Å². The Hall–Kier alpha value is -2.48. The van der Waals surface area contributed by atoms with E-state index < -0.39 is 17.5 Å². The SMILES string of the molecule is C/C(=N\NCc1cc(Br)ccc1O)c1cc2c(F)c(F)c(F)cc2n1C. The predicted molar refractivity (Wildman–Crippen MR) is 97.7 cm³/mol. The molecule has 4 nitrogen and oxygen atoms in total. The second kappa shape index (κ2) is 7.03. The third-order valence-electron chi connectivity index (χ3n) is 4.11. The van der Waals surface area contributed by atoms with Gasteiger partial charge in [0.1, 0.15) is 5.75 Å². The van der Waals surface area contributed by atoms with E-state index in [4.69, 9.17) is 0 Å². The monoisotopic (exact) mass is 425 g/mol. The second-order valence-corrected chi connectivity index (χ2v) is 6.73. The van der Waals surface area contributed by atoms with Gasteiger partial charge in [0.25, 0.3) is 0 Å². The third-order valence-corrected chi connectivity index (χ3v) is 4.60. The number of fused-ring (bicyclic) bond motifs is 1. The van der Waals surface area contributed by atoms with Gasteiger partial charge in [-0.15, -0.1) is 0 Å². The van der Waals surface area contributed by atoms with Crippen LogP contribution in [0.25, 0.3) is 10.9 Å². The fourth-order valence-corrected chi connectivity index (χ4v) is 3.13. The number of aromatic nitrogens is 1. The van der Waals surface area contributed by atoms with Crippen molar-refractivity contribution in [2.24, 2.45) is 12.1 Å². The molecule has 1 aromatic heterocycles. The molecule has 0 unspecified atom stereocenters. The molecule has 2 N–H and O–H groups in total. The van der Waals surface area contributed by atoms with Gasteiger partial charge in [-0.1, -0.05) is 15.9 Å². The van der Waals surface area contributed by atoms with E-state index in [0.717, 1.165) is 10.5 Å². The summed E-state index contributed by atoms with van der Waals surface area (Å²) in [4.78, 5) is 0. The molecule has 0 saturated carbocycles. The molecule has 0 bridgehead atoms. The zero-order valence-electron chi connectivity index (χ0n) is 13.9. The van der Waals surface area contributed by atoms with Crippen LogP contribution in [-0.4, -0.2) is 15.4 Å². The first-order chi connectivity index (χ1) is 12.3. The molecule has 136 valence electrons. The van der Waals surface area contributed by atoms with Crippen LogP contribution in [0, 0.1) is 17.5 Å². The maximum Gasteiger partial charge on any atom is 0.195 e. The quantitative estimate of drug-likeness (QED) is 0.365. The summed E-state index contributed by atoms with van der Waals surface area (Å²) in [5, 5.41) is 14.0. The van der Waals surface area contributed by atoms with Crippen molar-refractivity contribution in [2.75, 3.05) is 0 Å². The van der Waals surface area contributed by atoms with Gasteiger partial charge >= 0.3 is 0 Å². The minimum atomic E-state index is -1.49. The van der Waals surface area contributed by atoms with E-state index in [-0.39, 0.29) is 23.2 Å². The zero-order chi connectivity index (χ0) is 19.0. The lowest BCUT2D eigenvalue weighted by molar-refractivity contribution is 0.453. The molecule has 0 aliphatic rings. The first-order valence-electron chi connectivity index (χ1n) is 7.67. The molecule has 1 heterocycles. The standard InChI is InChI=1S/C18H15BrF3N3O/c1-9(24-23-8-10-5-11(19)3-4-16(10)26)14-6-12-15(25(14)2)7-13(20)18(22)17(12)21/h3-7,23,26H,8H2,1-2H3/b24-9+. The summed E-state index contributed by atoms with van der Waals surface area (Å²) in [7, 11) is 1.62. The maximum atomic E-state index is 14.0. The minimum absolute atomic E-state index is 0.0133. The molecule has 3 aromatic rings. The number of benzene rings is 2. The predicted octanol–water partition coefficient (Wildman–Crippen LogP) is 4.58. The molecule has 0 aliphatic carbocycles. The number of aryl methyl sites for hydroxylation is 1. The zero-order valence-corrected chi connectivity index (χ0v) is 15.5. The van der Waals surface area contributed by atoms with Crippen LogP contribution >= 0.6 is 15.9 Å². The van der Waals surface area contributed by atoms with E-state index in [1.54, 1.807) is 32.2 Å². The summed E-state index contributed by atoms with van der Waals surface area (Å²) >= 11 is 3.33. The highest BCUT2D eigenvalue weighted by Crippen LogP contribution is 2.26. The number of halogens is 4. The number of nitrogens with one attached hydrogen (secondary N) is 1. The van der Waals surface area contributed by atoms with E-state index >= 15 is 0 Å². The Bertz CT molecular complexity index is 1030. The van der Waals surface area contributed by atoms with Crippen molar-refractivity contribution in [1.29, 1.82) is 0 Å². The normalized spacial score (nSPS) is 12.0. The molecule has 0 spiro atoms. The molecule has 2 aromatic carbocycles. The Morgan fingerprint density at radius 1 is 1.19 bits per heavy atom. The first-order valence-corrected chi connectivity index (χ1v) is 8.46. The van der Waals surface area contributed by atoms with Crippen molar-refractivity contribution >= 4 is 32.5 Å². The Balaban J connectivity index is 1.88. The summed E-state index contributed by atoms with van der Waals surface area (Å²) in [6.45, 7) is 1.96. The van der Waals surface area contributed by atoms with Gasteiger partial charge in [0.2, 0.25) is 0 Å². The van der Waals surface area contributed by atoms with Crippen molar-refractivity contribution in [2.45, 2.75) is 13.5 Å². The fourth-order valence-electron chi connectivity index (χ4n) is 2.72. The summed E-state index contributed by atoms with van der Waals surface area (Å²) < 4.78 is 43.2. The summed E-state index contributed by atoms with van der Waals surface area (Å²) in [6, 6.07) is 7.41. The molecule has 8 heteroatoms.